The quantitative estimate of drug-likeness (QED) is 0.645. The van der Waals surface area contributed by atoms with Gasteiger partial charge in [-0.1, -0.05) is 30.3 Å². The van der Waals surface area contributed by atoms with Gasteiger partial charge >= 0.3 is 5.97 Å². The van der Waals surface area contributed by atoms with Crippen molar-refractivity contribution in [3.63, 3.8) is 0 Å². The number of allylic oxidation sites excluding steroid dienone is 1. The lowest BCUT2D eigenvalue weighted by Crippen LogP contribution is -2.23. The minimum Gasteiger partial charge on any atom is -0.498 e. The normalized spacial score (nSPS) is 16.5. The van der Waals surface area contributed by atoms with Crippen LogP contribution in [-0.4, -0.2) is 34.3 Å². The summed E-state index contributed by atoms with van der Waals surface area (Å²) in [7, 11) is 0. The fourth-order valence-electron chi connectivity index (χ4n) is 2.27. The summed E-state index contributed by atoms with van der Waals surface area (Å²) in [6.45, 7) is 4.16. The molecular weight excluding hydrogens is 284 g/mol. The van der Waals surface area contributed by atoms with Crippen LogP contribution in [0.4, 0.5) is 0 Å². The first kappa shape index (κ1) is 15.8. The van der Waals surface area contributed by atoms with Gasteiger partial charge in [-0.3, -0.25) is 9.59 Å². The molecule has 0 fully saturated rings. The molecule has 0 aromatic heterocycles. The predicted octanol–water partition coefficient (Wildman–Crippen LogP) is 2.17. The zero-order valence-electron chi connectivity index (χ0n) is 12.6. The average Bonchev–Trinajstić information content (AvgIpc) is 2.75. The van der Waals surface area contributed by atoms with E-state index in [1.54, 1.807) is 13.8 Å². The fraction of sp³-hybridized carbons (Fsp3) is 0.312. The maximum atomic E-state index is 12.5. The van der Waals surface area contributed by atoms with E-state index < -0.39 is 5.97 Å². The molecule has 0 atom stereocenters. The van der Waals surface area contributed by atoms with Crippen molar-refractivity contribution in [1.82, 2.24) is 5.01 Å². The fourth-order valence-corrected chi connectivity index (χ4v) is 2.27. The molecule has 2 rings (SSSR count). The Morgan fingerprint density at radius 2 is 2.00 bits per heavy atom. The summed E-state index contributed by atoms with van der Waals surface area (Å²) in [5.41, 5.74) is 1.41. The van der Waals surface area contributed by atoms with Crippen LogP contribution in [0.5, 0.6) is 0 Å². The lowest BCUT2D eigenvalue weighted by Gasteiger charge is -2.12. The first-order valence-corrected chi connectivity index (χ1v) is 7.02. The summed E-state index contributed by atoms with van der Waals surface area (Å²) in [5, 5.41) is 14.4. The molecule has 22 heavy (non-hydrogen) atoms. The van der Waals surface area contributed by atoms with Gasteiger partial charge in [0.1, 0.15) is 11.3 Å². The number of carboxylic acids is 1. The molecule has 6 heteroatoms. The van der Waals surface area contributed by atoms with Crippen molar-refractivity contribution >= 4 is 17.6 Å². The van der Waals surface area contributed by atoms with E-state index >= 15 is 0 Å². The smallest absolute Gasteiger partial charge is 0.309 e. The number of hydrogen-bond donors (Lipinski definition) is 1. The zero-order chi connectivity index (χ0) is 16.1. The van der Waals surface area contributed by atoms with Crippen molar-refractivity contribution in [1.29, 1.82) is 0 Å². The molecule has 1 aromatic carbocycles. The number of aliphatic carboxylic acids is 1. The first-order chi connectivity index (χ1) is 10.5. The minimum atomic E-state index is -1.03. The molecule has 1 amide bonds. The molecule has 1 heterocycles. The summed E-state index contributed by atoms with van der Waals surface area (Å²) in [4.78, 5) is 23.5. The van der Waals surface area contributed by atoms with E-state index in [1.807, 2.05) is 30.3 Å². The van der Waals surface area contributed by atoms with Gasteiger partial charge in [-0.2, -0.15) is 5.10 Å². The molecule has 116 valence electrons. The Morgan fingerprint density at radius 3 is 2.59 bits per heavy atom. The summed E-state index contributed by atoms with van der Waals surface area (Å²) in [6.07, 6.45) is -0.309. The highest BCUT2D eigenvalue weighted by molar-refractivity contribution is 6.27. The van der Waals surface area contributed by atoms with E-state index in [4.69, 9.17) is 9.84 Å². The molecule has 0 unspecified atom stereocenters. The topological polar surface area (TPSA) is 79.2 Å². The van der Waals surface area contributed by atoms with Gasteiger partial charge in [0, 0.05) is 0 Å². The second-order valence-electron chi connectivity index (χ2n) is 4.83. The molecular formula is C16H18N2O4. The van der Waals surface area contributed by atoms with Gasteiger partial charge in [-0.05, 0) is 19.4 Å². The molecule has 0 saturated heterocycles. The Bertz CT molecular complexity index is 635. The maximum absolute atomic E-state index is 12.5. The molecule has 0 bridgehead atoms. The highest BCUT2D eigenvalue weighted by Gasteiger charge is 2.33. The summed E-state index contributed by atoms with van der Waals surface area (Å²) < 4.78 is 5.36. The predicted molar refractivity (Wildman–Crippen MR) is 81.0 cm³/mol. The highest BCUT2D eigenvalue weighted by atomic mass is 16.5. The number of benzene rings is 1. The number of carboxylic acid groups (broad SMARTS) is 1. The summed E-state index contributed by atoms with van der Waals surface area (Å²) in [5.74, 6) is -0.955. The van der Waals surface area contributed by atoms with Crippen LogP contribution in [-0.2, 0) is 20.9 Å². The van der Waals surface area contributed by atoms with Crippen molar-refractivity contribution in [3.05, 3.63) is 47.2 Å². The van der Waals surface area contributed by atoms with Gasteiger partial charge in [0.05, 0.1) is 25.3 Å². The molecule has 1 aliphatic rings. The molecule has 0 spiro atoms. The number of amides is 1. The third-order valence-corrected chi connectivity index (χ3v) is 3.19. The molecule has 0 aliphatic carbocycles. The van der Waals surface area contributed by atoms with Crippen LogP contribution in [0, 0.1) is 0 Å². The Hall–Kier alpha value is -2.63. The Kier molecular flexibility index (Phi) is 4.93. The SMILES string of the molecule is CCOC(C)=C1C(=O)N(Cc2ccccc2)N=C1CC(=O)O. The third kappa shape index (κ3) is 3.52. The van der Waals surface area contributed by atoms with E-state index in [9.17, 15) is 9.59 Å². The van der Waals surface area contributed by atoms with E-state index in [-0.39, 0.29) is 23.6 Å². The van der Waals surface area contributed by atoms with Crippen molar-refractivity contribution < 1.29 is 19.4 Å². The third-order valence-electron chi connectivity index (χ3n) is 3.19. The van der Waals surface area contributed by atoms with Crippen molar-refractivity contribution in [2.24, 2.45) is 5.10 Å². The van der Waals surface area contributed by atoms with Crippen LogP contribution in [0.1, 0.15) is 25.8 Å². The van der Waals surface area contributed by atoms with E-state index in [0.29, 0.717) is 18.9 Å². The van der Waals surface area contributed by atoms with Crippen molar-refractivity contribution in [2.45, 2.75) is 26.8 Å². The van der Waals surface area contributed by atoms with Gasteiger partial charge in [0.25, 0.3) is 5.91 Å². The maximum Gasteiger partial charge on any atom is 0.309 e. The van der Waals surface area contributed by atoms with Gasteiger partial charge in [0.2, 0.25) is 0 Å². The van der Waals surface area contributed by atoms with Crippen LogP contribution < -0.4 is 0 Å². The van der Waals surface area contributed by atoms with Crippen LogP contribution in [0.15, 0.2) is 46.8 Å². The van der Waals surface area contributed by atoms with Crippen LogP contribution in [0.3, 0.4) is 0 Å². The first-order valence-electron chi connectivity index (χ1n) is 7.02. The minimum absolute atomic E-state index is 0.236. The lowest BCUT2D eigenvalue weighted by molar-refractivity contribution is -0.135. The van der Waals surface area contributed by atoms with Crippen molar-refractivity contribution in [2.75, 3.05) is 6.61 Å². The van der Waals surface area contributed by atoms with Gasteiger partial charge in [0.15, 0.2) is 0 Å². The Labute approximate surface area is 128 Å². The molecule has 1 N–H and O–H groups in total. The number of hydrogen-bond acceptors (Lipinski definition) is 4. The number of ether oxygens (including phenoxy) is 1. The van der Waals surface area contributed by atoms with E-state index in [1.165, 1.54) is 5.01 Å². The number of rotatable bonds is 6. The monoisotopic (exact) mass is 302 g/mol. The largest absolute Gasteiger partial charge is 0.498 e. The Balaban J connectivity index is 2.29. The average molecular weight is 302 g/mol. The molecule has 0 radical (unpaired) electrons. The summed E-state index contributed by atoms with van der Waals surface area (Å²) in [6, 6.07) is 9.41. The van der Waals surface area contributed by atoms with Gasteiger partial charge < -0.3 is 9.84 Å². The lowest BCUT2D eigenvalue weighted by atomic mass is 10.1. The van der Waals surface area contributed by atoms with Gasteiger partial charge in [-0.25, -0.2) is 5.01 Å². The molecule has 1 aromatic rings. The van der Waals surface area contributed by atoms with Crippen LogP contribution in [0.2, 0.25) is 0 Å². The second kappa shape index (κ2) is 6.89. The number of carbonyl (C=O) groups is 2. The number of nitrogens with zero attached hydrogens (tertiary/aromatic N) is 2. The number of carbonyl (C=O) groups excluding carboxylic acids is 1. The van der Waals surface area contributed by atoms with Crippen LogP contribution in [0.25, 0.3) is 0 Å². The number of hydrazone groups is 1. The summed E-state index contributed by atoms with van der Waals surface area (Å²) >= 11 is 0. The zero-order valence-corrected chi connectivity index (χ0v) is 12.6. The Morgan fingerprint density at radius 1 is 1.32 bits per heavy atom. The van der Waals surface area contributed by atoms with Gasteiger partial charge in [-0.15, -0.1) is 0 Å². The molecule has 1 aliphatic heterocycles. The molecule has 6 nitrogen and oxygen atoms in total. The second-order valence-corrected chi connectivity index (χ2v) is 4.83. The van der Waals surface area contributed by atoms with Crippen molar-refractivity contribution in [3.8, 4) is 0 Å². The highest BCUT2D eigenvalue weighted by Crippen LogP contribution is 2.23. The van der Waals surface area contributed by atoms with Crippen LogP contribution >= 0.6 is 0 Å². The molecule has 0 saturated carbocycles. The van der Waals surface area contributed by atoms with E-state index in [2.05, 4.69) is 5.10 Å². The standard InChI is InChI=1S/C16H18N2O4/c1-3-22-11(2)15-13(9-14(19)20)17-18(16(15)21)10-12-7-5-4-6-8-12/h4-8H,3,9-10H2,1-2H3,(H,19,20). The van der Waals surface area contributed by atoms with E-state index in [0.717, 1.165) is 5.56 Å².